The second-order valence-corrected chi connectivity index (χ2v) is 9.17. The van der Waals surface area contributed by atoms with Crippen molar-refractivity contribution in [1.29, 1.82) is 0 Å². The third kappa shape index (κ3) is 5.11. The van der Waals surface area contributed by atoms with Crippen molar-refractivity contribution in [2.45, 2.75) is 31.2 Å². The summed E-state index contributed by atoms with van der Waals surface area (Å²) in [5, 5.41) is 6.71. The Bertz CT molecular complexity index is 1120. The molecule has 3 rings (SSSR count). The Morgan fingerprint density at radius 3 is 2.50 bits per heavy atom. The quantitative estimate of drug-likeness (QED) is 0.591. The summed E-state index contributed by atoms with van der Waals surface area (Å²) in [4.78, 5) is 16.7. The van der Waals surface area contributed by atoms with Gasteiger partial charge >= 0.3 is 0 Å². The van der Waals surface area contributed by atoms with E-state index in [1.54, 1.807) is 18.2 Å². The number of aromatic nitrogens is 2. The maximum Gasteiger partial charge on any atom is 0.242 e. The van der Waals surface area contributed by atoms with Gasteiger partial charge in [-0.2, -0.15) is 4.98 Å². The molecule has 0 atom stereocenters. The average Bonchev–Trinajstić information content (AvgIpc) is 3.20. The highest BCUT2D eigenvalue weighted by molar-refractivity contribution is 7.89. The minimum absolute atomic E-state index is 0.112. The van der Waals surface area contributed by atoms with Gasteiger partial charge < -0.3 is 9.84 Å². The fraction of sp³-hybridized carbons (Fsp3) is 0.286. The molecule has 0 bridgehead atoms. The first-order valence-electron chi connectivity index (χ1n) is 9.44. The van der Waals surface area contributed by atoms with Crippen molar-refractivity contribution in [2.75, 3.05) is 14.1 Å². The van der Waals surface area contributed by atoms with Crippen LogP contribution in [0.3, 0.4) is 0 Å². The maximum absolute atomic E-state index is 12.4. The van der Waals surface area contributed by atoms with Crippen LogP contribution in [0.4, 0.5) is 0 Å². The Labute approximate surface area is 176 Å². The zero-order valence-electron chi connectivity index (χ0n) is 17.1. The predicted octanol–water partition coefficient (Wildman–Crippen LogP) is 2.54. The van der Waals surface area contributed by atoms with Crippen molar-refractivity contribution in [3.63, 3.8) is 0 Å². The van der Waals surface area contributed by atoms with Crippen LogP contribution in [-0.4, -0.2) is 42.9 Å². The number of sulfonamides is 1. The van der Waals surface area contributed by atoms with Gasteiger partial charge in [0.2, 0.25) is 27.6 Å². The number of carbonyl (C=O) groups excluding carboxylic acids is 1. The number of nitrogens with zero attached hydrogens (tertiary/aromatic N) is 3. The highest BCUT2D eigenvalue weighted by Crippen LogP contribution is 2.19. The fourth-order valence-electron chi connectivity index (χ4n) is 2.78. The van der Waals surface area contributed by atoms with E-state index in [9.17, 15) is 13.2 Å². The summed E-state index contributed by atoms with van der Waals surface area (Å²) >= 11 is 0. The van der Waals surface area contributed by atoms with Crippen LogP contribution in [0.25, 0.3) is 11.4 Å². The largest absolute Gasteiger partial charge is 0.352 e. The van der Waals surface area contributed by atoms with Gasteiger partial charge in [-0.3, -0.25) is 4.79 Å². The molecule has 8 nitrogen and oxygen atoms in total. The lowest BCUT2D eigenvalue weighted by atomic mass is 10.1. The van der Waals surface area contributed by atoms with Gasteiger partial charge in [0, 0.05) is 39.0 Å². The third-order valence-electron chi connectivity index (χ3n) is 4.55. The van der Waals surface area contributed by atoms with Crippen molar-refractivity contribution in [3.05, 3.63) is 65.5 Å². The van der Waals surface area contributed by atoms with E-state index in [-0.39, 0.29) is 23.8 Å². The minimum Gasteiger partial charge on any atom is -0.352 e. The van der Waals surface area contributed by atoms with Crippen LogP contribution in [-0.2, 0) is 27.8 Å². The topological polar surface area (TPSA) is 105 Å². The van der Waals surface area contributed by atoms with Gasteiger partial charge in [-0.15, -0.1) is 0 Å². The molecule has 0 fully saturated rings. The molecule has 0 spiro atoms. The van der Waals surface area contributed by atoms with Crippen LogP contribution in [0.15, 0.2) is 57.9 Å². The van der Waals surface area contributed by atoms with Gasteiger partial charge in [-0.05, 0) is 18.6 Å². The number of benzene rings is 2. The van der Waals surface area contributed by atoms with E-state index in [1.165, 1.54) is 20.2 Å². The minimum atomic E-state index is -3.59. The summed E-state index contributed by atoms with van der Waals surface area (Å²) in [5.41, 5.74) is 2.51. The van der Waals surface area contributed by atoms with Gasteiger partial charge in [0.1, 0.15) is 0 Å². The number of hydrogen-bond acceptors (Lipinski definition) is 6. The molecule has 0 radical (unpaired) electrons. The molecule has 1 N–H and O–H groups in total. The highest BCUT2D eigenvalue weighted by Gasteiger charge is 2.21. The lowest BCUT2D eigenvalue weighted by Crippen LogP contribution is -2.27. The zero-order chi connectivity index (χ0) is 21.7. The van der Waals surface area contributed by atoms with E-state index < -0.39 is 10.0 Å². The van der Waals surface area contributed by atoms with E-state index in [0.717, 1.165) is 15.4 Å². The molecule has 0 aliphatic heterocycles. The van der Waals surface area contributed by atoms with Crippen LogP contribution < -0.4 is 5.32 Å². The van der Waals surface area contributed by atoms with E-state index in [2.05, 4.69) is 15.5 Å². The highest BCUT2D eigenvalue weighted by atomic mass is 32.2. The van der Waals surface area contributed by atoms with Crippen molar-refractivity contribution >= 4 is 15.9 Å². The van der Waals surface area contributed by atoms with Crippen LogP contribution in [0.5, 0.6) is 0 Å². The summed E-state index contributed by atoms with van der Waals surface area (Å²) < 4.78 is 31.2. The molecule has 0 aliphatic carbocycles. The molecular formula is C21H24N4O4S. The SMILES string of the molecule is Cc1ccc(-c2noc(CCC(=O)NCc3ccccc3S(=O)(=O)N(C)C)n2)cc1. The number of rotatable bonds is 8. The lowest BCUT2D eigenvalue weighted by molar-refractivity contribution is -0.121. The van der Waals surface area contributed by atoms with Gasteiger partial charge in [0.05, 0.1) is 4.90 Å². The maximum atomic E-state index is 12.4. The number of amides is 1. The van der Waals surface area contributed by atoms with E-state index in [1.807, 2.05) is 31.2 Å². The van der Waals surface area contributed by atoms with Crippen molar-refractivity contribution in [2.24, 2.45) is 0 Å². The molecule has 2 aromatic carbocycles. The molecule has 0 aliphatic rings. The molecule has 158 valence electrons. The monoisotopic (exact) mass is 428 g/mol. The summed E-state index contributed by atoms with van der Waals surface area (Å²) in [7, 11) is -0.644. The standard InChI is InChI=1S/C21H24N4O4S/c1-15-8-10-16(11-9-15)21-23-20(29-24-21)13-12-19(26)22-14-17-6-4-5-7-18(17)30(27,28)25(2)3/h4-11H,12-14H2,1-3H3,(H,22,26). The first-order valence-corrected chi connectivity index (χ1v) is 10.9. The van der Waals surface area contributed by atoms with Crippen LogP contribution >= 0.6 is 0 Å². The fourth-order valence-corrected chi connectivity index (χ4v) is 3.89. The van der Waals surface area contributed by atoms with Crippen molar-refractivity contribution < 1.29 is 17.7 Å². The van der Waals surface area contributed by atoms with Crippen molar-refractivity contribution in [3.8, 4) is 11.4 Å². The number of carbonyl (C=O) groups is 1. The summed E-state index contributed by atoms with van der Waals surface area (Å²) in [6.07, 6.45) is 0.445. The van der Waals surface area contributed by atoms with E-state index >= 15 is 0 Å². The summed E-state index contributed by atoms with van der Waals surface area (Å²) in [5.74, 6) is 0.617. The number of nitrogens with one attached hydrogen (secondary N) is 1. The second-order valence-electron chi connectivity index (χ2n) is 7.05. The summed E-state index contributed by atoms with van der Waals surface area (Å²) in [6, 6.07) is 14.4. The number of aryl methyl sites for hydroxylation is 2. The van der Waals surface area contributed by atoms with Gasteiger partial charge in [0.25, 0.3) is 0 Å². The second kappa shape index (κ2) is 9.19. The molecule has 0 unspecified atom stereocenters. The molecule has 1 aromatic heterocycles. The van der Waals surface area contributed by atoms with Crippen LogP contribution in [0.1, 0.15) is 23.4 Å². The Hall–Kier alpha value is -3.04. The summed E-state index contributed by atoms with van der Waals surface area (Å²) in [6.45, 7) is 2.11. The molecule has 0 saturated carbocycles. The molecule has 3 aromatic rings. The Morgan fingerprint density at radius 2 is 1.80 bits per heavy atom. The third-order valence-corrected chi connectivity index (χ3v) is 6.47. The van der Waals surface area contributed by atoms with Crippen LogP contribution in [0.2, 0.25) is 0 Å². The van der Waals surface area contributed by atoms with Gasteiger partial charge in [-0.1, -0.05) is 53.2 Å². The molecule has 0 saturated heterocycles. The smallest absolute Gasteiger partial charge is 0.242 e. The predicted molar refractivity (Wildman–Crippen MR) is 112 cm³/mol. The first-order chi connectivity index (χ1) is 14.3. The Morgan fingerprint density at radius 1 is 1.10 bits per heavy atom. The van der Waals surface area contributed by atoms with Crippen LogP contribution in [0, 0.1) is 6.92 Å². The molecular weight excluding hydrogens is 404 g/mol. The zero-order valence-corrected chi connectivity index (χ0v) is 17.9. The first kappa shape index (κ1) is 21.7. The molecule has 9 heteroatoms. The molecule has 1 heterocycles. The number of hydrogen-bond donors (Lipinski definition) is 1. The van der Waals surface area contributed by atoms with E-state index in [0.29, 0.717) is 23.7 Å². The average molecular weight is 429 g/mol. The Balaban J connectivity index is 1.57. The lowest BCUT2D eigenvalue weighted by Gasteiger charge is -2.15. The van der Waals surface area contributed by atoms with Gasteiger partial charge in [-0.25, -0.2) is 12.7 Å². The van der Waals surface area contributed by atoms with Gasteiger partial charge in [0.15, 0.2) is 0 Å². The normalized spacial score (nSPS) is 11.6. The molecule has 1 amide bonds. The molecule has 30 heavy (non-hydrogen) atoms. The van der Waals surface area contributed by atoms with E-state index in [4.69, 9.17) is 4.52 Å². The van der Waals surface area contributed by atoms with Crippen molar-refractivity contribution in [1.82, 2.24) is 19.8 Å². The Kier molecular flexibility index (Phi) is 6.63.